The van der Waals surface area contributed by atoms with Crippen molar-refractivity contribution in [3.8, 4) is 5.75 Å². The lowest BCUT2D eigenvalue weighted by Gasteiger charge is -2.24. The van der Waals surface area contributed by atoms with E-state index in [0.29, 0.717) is 19.5 Å². The standard InChI is InChI=1S/C16H23N3O5S/c1-22-13-5-3-11(4-6-13)10-24-16(21)19-9-14(25)7-12(19)8-17-15(20)18-23-2/h3-6,12,14,25H,7-10H2,1-2H3,(H2,17,18,20)/t12-,14-/m0/s1. The van der Waals surface area contributed by atoms with Crippen LogP contribution in [0, 0.1) is 0 Å². The Hall–Kier alpha value is -2.13. The molecular weight excluding hydrogens is 346 g/mol. The maximum atomic E-state index is 12.4. The molecule has 3 amide bonds. The molecule has 1 saturated heterocycles. The van der Waals surface area contributed by atoms with E-state index in [1.807, 2.05) is 24.3 Å². The molecule has 2 N–H and O–H groups in total. The summed E-state index contributed by atoms with van der Waals surface area (Å²) in [6.07, 6.45) is 0.250. The first-order chi connectivity index (χ1) is 12.0. The number of ether oxygens (including phenoxy) is 2. The number of nitrogens with zero attached hydrogens (tertiary/aromatic N) is 1. The number of amides is 3. The Morgan fingerprint density at radius 2 is 2.00 bits per heavy atom. The lowest BCUT2D eigenvalue weighted by Crippen LogP contribution is -2.45. The normalized spacial score (nSPS) is 19.4. The van der Waals surface area contributed by atoms with Gasteiger partial charge in [-0.05, 0) is 24.1 Å². The van der Waals surface area contributed by atoms with E-state index in [4.69, 9.17) is 9.47 Å². The molecule has 0 unspecified atom stereocenters. The van der Waals surface area contributed by atoms with Crippen LogP contribution in [0.25, 0.3) is 0 Å². The SMILES string of the molecule is CONC(=O)NC[C@@H]1C[C@H](S)CN1C(=O)OCc1ccc(OC)cc1. The maximum absolute atomic E-state index is 12.4. The molecule has 2 rings (SSSR count). The van der Waals surface area contributed by atoms with Crippen LogP contribution in [-0.4, -0.2) is 55.6 Å². The van der Waals surface area contributed by atoms with Gasteiger partial charge in [0.2, 0.25) is 0 Å². The molecule has 1 aliphatic heterocycles. The molecule has 1 heterocycles. The van der Waals surface area contributed by atoms with Gasteiger partial charge in [-0.2, -0.15) is 12.6 Å². The minimum Gasteiger partial charge on any atom is -0.497 e. The van der Waals surface area contributed by atoms with Gasteiger partial charge in [0.15, 0.2) is 0 Å². The lowest BCUT2D eigenvalue weighted by atomic mass is 10.2. The molecule has 1 aliphatic rings. The predicted molar refractivity (Wildman–Crippen MR) is 94.6 cm³/mol. The smallest absolute Gasteiger partial charge is 0.410 e. The van der Waals surface area contributed by atoms with E-state index in [1.165, 1.54) is 7.11 Å². The van der Waals surface area contributed by atoms with Gasteiger partial charge < -0.3 is 19.7 Å². The van der Waals surface area contributed by atoms with Crippen molar-refractivity contribution in [2.24, 2.45) is 0 Å². The zero-order chi connectivity index (χ0) is 18.2. The Morgan fingerprint density at radius 1 is 1.28 bits per heavy atom. The van der Waals surface area contributed by atoms with Gasteiger partial charge in [-0.3, -0.25) is 4.84 Å². The molecule has 9 heteroatoms. The second kappa shape index (κ2) is 9.38. The van der Waals surface area contributed by atoms with Gasteiger partial charge in [-0.1, -0.05) is 12.1 Å². The number of hydrogen-bond donors (Lipinski definition) is 3. The number of likely N-dealkylation sites (tertiary alicyclic amines) is 1. The molecule has 1 aromatic rings. The van der Waals surface area contributed by atoms with Crippen molar-refractivity contribution in [3.63, 3.8) is 0 Å². The van der Waals surface area contributed by atoms with Crippen LogP contribution in [0.1, 0.15) is 12.0 Å². The third-order valence-electron chi connectivity index (χ3n) is 3.84. The number of methoxy groups -OCH3 is 1. The second-order valence-corrected chi connectivity index (χ2v) is 6.34. The number of carbonyl (C=O) groups excluding carboxylic acids is 2. The van der Waals surface area contributed by atoms with Crippen LogP contribution in [0.3, 0.4) is 0 Å². The molecule has 1 aromatic carbocycles. The van der Waals surface area contributed by atoms with Crippen LogP contribution in [0.4, 0.5) is 9.59 Å². The summed E-state index contributed by atoms with van der Waals surface area (Å²) in [5.41, 5.74) is 3.03. The van der Waals surface area contributed by atoms with Crippen LogP contribution < -0.4 is 15.5 Å². The highest BCUT2D eigenvalue weighted by atomic mass is 32.1. The maximum Gasteiger partial charge on any atom is 0.410 e. The largest absolute Gasteiger partial charge is 0.497 e. The molecule has 8 nitrogen and oxygen atoms in total. The van der Waals surface area contributed by atoms with Crippen LogP contribution in [-0.2, 0) is 16.2 Å². The van der Waals surface area contributed by atoms with E-state index >= 15 is 0 Å². The third kappa shape index (κ3) is 5.71. The number of thiol groups is 1. The van der Waals surface area contributed by atoms with Crippen molar-refractivity contribution in [1.82, 2.24) is 15.7 Å². The summed E-state index contributed by atoms with van der Waals surface area (Å²) < 4.78 is 10.5. The van der Waals surface area contributed by atoms with Gasteiger partial charge in [0.25, 0.3) is 0 Å². The van der Waals surface area contributed by atoms with Crippen molar-refractivity contribution in [3.05, 3.63) is 29.8 Å². The Balaban J connectivity index is 1.85. The zero-order valence-corrected chi connectivity index (χ0v) is 15.1. The van der Waals surface area contributed by atoms with Gasteiger partial charge in [0.1, 0.15) is 12.4 Å². The molecule has 0 saturated carbocycles. The summed E-state index contributed by atoms with van der Waals surface area (Å²) in [6.45, 7) is 0.938. The minimum absolute atomic E-state index is 0.0471. The second-order valence-electron chi connectivity index (χ2n) is 5.61. The van der Waals surface area contributed by atoms with Crippen molar-refractivity contribution >= 4 is 24.8 Å². The molecule has 0 aromatic heterocycles. The number of urea groups is 1. The number of nitrogens with one attached hydrogen (secondary N) is 2. The van der Waals surface area contributed by atoms with Crippen molar-refractivity contribution in [1.29, 1.82) is 0 Å². The lowest BCUT2D eigenvalue weighted by molar-refractivity contribution is 0.0896. The van der Waals surface area contributed by atoms with Crippen LogP contribution in [0.15, 0.2) is 24.3 Å². The average Bonchev–Trinajstić information content (AvgIpc) is 2.99. The zero-order valence-electron chi connectivity index (χ0n) is 14.2. The van der Waals surface area contributed by atoms with Gasteiger partial charge in [0.05, 0.1) is 20.3 Å². The van der Waals surface area contributed by atoms with E-state index in [0.717, 1.165) is 11.3 Å². The molecule has 0 radical (unpaired) electrons. The highest BCUT2D eigenvalue weighted by Crippen LogP contribution is 2.22. The van der Waals surface area contributed by atoms with Crippen molar-refractivity contribution in [2.75, 3.05) is 27.3 Å². The van der Waals surface area contributed by atoms with Gasteiger partial charge in [-0.15, -0.1) is 0 Å². The Kier molecular flexibility index (Phi) is 7.20. The van der Waals surface area contributed by atoms with Crippen LogP contribution >= 0.6 is 12.6 Å². The minimum atomic E-state index is -0.461. The van der Waals surface area contributed by atoms with Crippen LogP contribution in [0.2, 0.25) is 0 Å². The number of hydroxylamine groups is 1. The van der Waals surface area contributed by atoms with Crippen molar-refractivity contribution in [2.45, 2.75) is 24.3 Å². The van der Waals surface area contributed by atoms with E-state index < -0.39 is 12.1 Å². The molecule has 0 aliphatic carbocycles. The van der Waals surface area contributed by atoms with Crippen molar-refractivity contribution < 1.29 is 23.9 Å². The summed E-state index contributed by atoms with van der Waals surface area (Å²) in [6, 6.07) is 6.66. The first-order valence-corrected chi connectivity index (χ1v) is 8.36. The highest BCUT2D eigenvalue weighted by molar-refractivity contribution is 7.81. The highest BCUT2D eigenvalue weighted by Gasteiger charge is 2.34. The average molecular weight is 369 g/mol. The topological polar surface area (TPSA) is 89.1 Å². The Morgan fingerprint density at radius 3 is 2.64 bits per heavy atom. The van der Waals surface area contributed by atoms with Gasteiger partial charge in [0, 0.05) is 18.3 Å². The number of benzene rings is 1. The summed E-state index contributed by atoms with van der Waals surface area (Å²) in [5.74, 6) is 0.744. The van der Waals surface area contributed by atoms with E-state index in [9.17, 15) is 9.59 Å². The first kappa shape index (κ1) is 19.2. The summed E-state index contributed by atoms with van der Waals surface area (Å²) in [7, 11) is 2.94. The van der Waals surface area contributed by atoms with Crippen LogP contribution in [0.5, 0.6) is 5.75 Å². The molecule has 0 spiro atoms. The Bertz CT molecular complexity index is 584. The van der Waals surface area contributed by atoms with E-state index in [-0.39, 0.29) is 17.9 Å². The monoisotopic (exact) mass is 369 g/mol. The summed E-state index contributed by atoms with van der Waals surface area (Å²) >= 11 is 4.44. The first-order valence-electron chi connectivity index (χ1n) is 7.84. The third-order valence-corrected chi connectivity index (χ3v) is 4.22. The van der Waals surface area contributed by atoms with Gasteiger partial charge >= 0.3 is 12.1 Å². The fourth-order valence-corrected chi connectivity index (χ4v) is 3.02. The quantitative estimate of drug-likeness (QED) is 0.523. The predicted octanol–water partition coefficient (Wildman–Crippen LogP) is 1.57. The molecule has 1 fully saturated rings. The molecule has 138 valence electrons. The number of hydrogen-bond acceptors (Lipinski definition) is 6. The molecule has 2 atom stereocenters. The summed E-state index contributed by atoms with van der Waals surface area (Å²) in [5, 5.41) is 2.69. The fraction of sp³-hybridized carbons (Fsp3) is 0.500. The molecular formula is C16H23N3O5S. The van der Waals surface area contributed by atoms with E-state index in [1.54, 1.807) is 12.0 Å². The summed E-state index contributed by atoms with van der Waals surface area (Å²) in [4.78, 5) is 29.9. The molecule has 25 heavy (non-hydrogen) atoms. The molecule has 0 bridgehead atoms. The fourth-order valence-electron chi connectivity index (χ4n) is 2.60. The Labute approximate surface area is 152 Å². The number of rotatable bonds is 6. The van der Waals surface area contributed by atoms with E-state index in [2.05, 4.69) is 28.3 Å². The van der Waals surface area contributed by atoms with Gasteiger partial charge in [-0.25, -0.2) is 15.1 Å². The number of carbonyl (C=O) groups is 2.